The fourth-order valence-corrected chi connectivity index (χ4v) is 2.29. The van der Waals surface area contributed by atoms with Crippen LogP contribution in [0.3, 0.4) is 0 Å². The molecule has 0 aliphatic heterocycles. The monoisotopic (exact) mass is 311 g/mol. The summed E-state index contributed by atoms with van der Waals surface area (Å²) in [5.74, 6) is -1.05. The van der Waals surface area contributed by atoms with E-state index >= 15 is 0 Å². The summed E-state index contributed by atoms with van der Waals surface area (Å²) < 4.78 is 14.7. The molecule has 3 rings (SSSR count). The number of benzene rings is 2. The predicted octanol–water partition coefficient (Wildman–Crippen LogP) is 2.74. The summed E-state index contributed by atoms with van der Waals surface area (Å²) in [5, 5.41) is 7.69. The molecule has 1 atom stereocenters. The maximum absolute atomic E-state index is 13.6. The number of carbonyl (C=O) groups is 1. The highest BCUT2D eigenvalue weighted by molar-refractivity contribution is 5.93. The molecule has 0 aliphatic rings. The highest BCUT2D eigenvalue weighted by Gasteiger charge is 2.19. The van der Waals surface area contributed by atoms with Gasteiger partial charge in [-0.3, -0.25) is 9.59 Å². The van der Waals surface area contributed by atoms with Crippen molar-refractivity contribution < 1.29 is 9.18 Å². The van der Waals surface area contributed by atoms with Crippen molar-refractivity contribution in [3.63, 3.8) is 0 Å². The molecule has 0 spiro atoms. The fraction of sp³-hybridized carbons (Fsp3) is 0.118. The van der Waals surface area contributed by atoms with Crippen LogP contribution in [-0.4, -0.2) is 15.7 Å². The van der Waals surface area contributed by atoms with E-state index in [2.05, 4.69) is 10.4 Å². The summed E-state index contributed by atoms with van der Waals surface area (Å²) in [4.78, 5) is 24.7. The van der Waals surface area contributed by atoms with E-state index in [-0.39, 0.29) is 11.2 Å². The molecule has 0 bridgehead atoms. The Morgan fingerprint density at radius 1 is 1.17 bits per heavy atom. The van der Waals surface area contributed by atoms with Gasteiger partial charge in [0, 0.05) is 5.39 Å². The van der Waals surface area contributed by atoms with Gasteiger partial charge in [-0.2, -0.15) is 5.10 Å². The molecule has 1 unspecified atom stereocenters. The molecule has 0 saturated carbocycles. The van der Waals surface area contributed by atoms with E-state index in [4.69, 9.17) is 0 Å². The summed E-state index contributed by atoms with van der Waals surface area (Å²) in [6, 6.07) is 12.0. The van der Waals surface area contributed by atoms with Crippen molar-refractivity contribution in [3.05, 3.63) is 70.9 Å². The zero-order valence-corrected chi connectivity index (χ0v) is 12.4. The van der Waals surface area contributed by atoms with Gasteiger partial charge in [0.05, 0.1) is 17.3 Å². The highest BCUT2D eigenvalue weighted by Crippen LogP contribution is 2.15. The van der Waals surface area contributed by atoms with Crippen molar-refractivity contribution in [1.82, 2.24) is 9.78 Å². The van der Waals surface area contributed by atoms with Crippen LogP contribution < -0.4 is 10.9 Å². The second-order valence-corrected chi connectivity index (χ2v) is 5.13. The smallest absolute Gasteiger partial charge is 0.275 e. The minimum Gasteiger partial charge on any atom is -0.322 e. The average Bonchev–Trinajstić information content (AvgIpc) is 2.57. The van der Waals surface area contributed by atoms with E-state index in [1.165, 1.54) is 24.4 Å². The maximum Gasteiger partial charge on any atom is 0.275 e. The maximum atomic E-state index is 13.6. The van der Waals surface area contributed by atoms with Crippen LogP contribution >= 0.6 is 0 Å². The molecule has 1 aromatic heterocycles. The lowest BCUT2D eigenvalue weighted by Gasteiger charge is -2.14. The number of fused-ring (bicyclic) bond motifs is 1. The van der Waals surface area contributed by atoms with E-state index in [9.17, 15) is 14.0 Å². The van der Waals surface area contributed by atoms with Crippen LogP contribution in [0.5, 0.6) is 0 Å². The molecule has 1 N–H and O–H groups in total. The number of carbonyl (C=O) groups excluding carboxylic acids is 1. The Kier molecular flexibility index (Phi) is 3.89. The fourth-order valence-electron chi connectivity index (χ4n) is 2.29. The van der Waals surface area contributed by atoms with Crippen molar-refractivity contribution in [1.29, 1.82) is 0 Å². The second-order valence-electron chi connectivity index (χ2n) is 5.13. The molecule has 1 amide bonds. The Hall–Kier alpha value is -3.02. The number of aromatic nitrogens is 2. The molecule has 0 aliphatic carbocycles. The van der Waals surface area contributed by atoms with Gasteiger partial charge < -0.3 is 5.32 Å². The lowest BCUT2D eigenvalue weighted by molar-refractivity contribution is -0.119. The first kappa shape index (κ1) is 14.9. The van der Waals surface area contributed by atoms with Crippen molar-refractivity contribution in [2.24, 2.45) is 0 Å². The first-order valence-electron chi connectivity index (χ1n) is 7.10. The number of anilines is 1. The summed E-state index contributed by atoms with van der Waals surface area (Å²) in [5.41, 5.74) is -0.294. The van der Waals surface area contributed by atoms with Crippen LogP contribution in [0.15, 0.2) is 59.5 Å². The van der Waals surface area contributed by atoms with Crippen LogP contribution in [0.4, 0.5) is 10.1 Å². The summed E-state index contributed by atoms with van der Waals surface area (Å²) in [6.07, 6.45) is 1.53. The molecule has 0 fully saturated rings. The number of halogens is 1. The Morgan fingerprint density at radius 3 is 2.65 bits per heavy atom. The largest absolute Gasteiger partial charge is 0.322 e. The first-order valence-corrected chi connectivity index (χ1v) is 7.10. The van der Waals surface area contributed by atoms with Gasteiger partial charge in [0.15, 0.2) is 0 Å². The molecule has 116 valence electrons. The molecule has 23 heavy (non-hydrogen) atoms. The van der Waals surface area contributed by atoms with Crippen LogP contribution in [0.2, 0.25) is 0 Å². The molecule has 5 nitrogen and oxygen atoms in total. The van der Waals surface area contributed by atoms with Gasteiger partial charge in [0.2, 0.25) is 5.91 Å². The third kappa shape index (κ3) is 2.83. The Balaban J connectivity index is 1.92. The molecule has 6 heteroatoms. The molecule has 2 aromatic carbocycles. The topological polar surface area (TPSA) is 64.0 Å². The van der Waals surface area contributed by atoms with Crippen LogP contribution in [-0.2, 0) is 4.79 Å². The van der Waals surface area contributed by atoms with Gasteiger partial charge in [0.1, 0.15) is 11.9 Å². The Bertz CT molecular complexity index is 936. The molecule has 1 heterocycles. The van der Waals surface area contributed by atoms with Crippen molar-refractivity contribution in [3.8, 4) is 0 Å². The third-order valence-electron chi connectivity index (χ3n) is 3.60. The first-order chi connectivity index (χ1) is 11.1. The summed E-state index contributed by atoms with van der Waals surface area (Å²) in [6.45, 7) is 1.54. The number of hydrogen-bond acceptors (Lipinski definition) is 3. The van der Waals surface area contributed by atoms with Gasteiger partial charge in [-0.15, -0.1) is 0 Å². The van der Waals surface area contributed by atoms with E-state index in [0.29, 0.717) is 10.8 Å². The second kappa shape index (κ2) is 6.00. The Labute approximate surface area is 131 Å². The molecule has 0 saturated heterocycles. The average molecular weight is 311 g/mol. The van der Waals surface area contributed by atoms with Crippen LogP contribution in [0.25, 0.3) is 10.8 Å². The molecular weight excluding hydrogens is 297 g/mol. The van der Waals surface area contributed by atoms with E-state index in [0.717, 1.165) is 4.68 Å². The third-order valence-corrected chi connectivity index (χ3v) is 3.60. The SMILES string of the molecule is CC(C(=O)Nc1ccccc1F)n1ncc2ccccc2c1=O. The van der Waals surface area contributed by atoms with Crippen LogP contribution in [0, 0.1) is 5.82 Å². The zero-order chi connectivity index (χ0) is 16.4. The number of nitrogens with one attached hydrogen (secondary N) is 1. The number of nitrogens with zero attached hydrogens (tertiary/aromatic N) is 2. The van der Waals surface area contributed by atoms with Gasteiger partial charge >= 0.3 is 0 Å². The van der Waals surface area contributed by atoms with E-state index in [1.54, 1.807) is 31.2 Å². The lowest BCUT2D eigenvalue weighted by atomic mass is 10.2. The molecule has 0 radical (unpaired) electrons. The minimum atomic E-state index is -0.869. The van der Waals surface area contributed by atoms with E-state index < -0.39 is 17.8 Å². The highest BCUT2D eigenvalue weighted by atomic mass is 19.1. The quantitative estimate of drug-likeness (QED) is 0.809. The van der Waals surface area contributed by atoms with E-state index in [1.807, 2.05) is 6.07 Å². The number of rotatable bonds is 3. The predicted molar refractivity (Wildman–Crippen MR) is 85.7 cm³/mol. The van der Waals surface area contributed by atoms with Crippen molar-refractivity contribution >= 4 is 22.4 Å². The van der Waals surface area contributed by atoms with Crippen LogP contribution in [0.1, 0.15) is 13.0 Å². The number of amides is 1. The minimum absolute atomic E-state index is 0.0678. The van der Waals surface area contributed by atoms with Gasteiger partial charge in [-0.25, -0.2) is 9.07 Å². The molecule has 3 aromatic rings. The summed E-state index contributed by atoms with van der Waals surface area (Å²) >= 11 is 0. The standard InChI is InChI=1S/C17H14FN3O2/c1-11(16(22)20-15-9-5-4-8-14(15)18)21-17(23)13-7-3-2-6-12(13)10-19-21/h2-11H,1H3,(H,20,22). The lowest BCUT2D eigenvalue weighted by Crippen LogP contribution is -2.33. The van der Waals surface area contributed by atoms with Gasteiger partial charge in [-0.1, -0.05) is 30.3 Å². The number of para-hydroxylation sites is 1. The zero-order valence-electron chi connectivity index (χ0n) is 12.4. The number of hydrogen-bond donors (Lipinski definition) is 1. The van der Waals surface area contributed by atoms with Crippen molar-refractivity contribution in [2.75, 3.05) is 5.32 Å². The van der Waals surface area contributed by atoms with Crippen molar-refractivity contribution in [2.45, 2.75) is 13.0 Å². The normalized spacial score (nSPS) is 12.1. The summed E-state index contributed by atoms with van der Waals surface area (Å²) in [7, 11) is 0. The van der Waals surface area contributed by atoms with Gasteiger partial charge in [0.25, 0.3) is 5.56 Å². The molecular formula is C17H14FN3O2. The Morgan fingerprint density at radius 2 is 1.87 bits per heavy atom. The van der Waals surface area contributed by atoms with Gasteiger partial charge in [-0.05, 0) is 25.1 Å².